The van der Waals surface area contributed by atoms with Gasteiger partial charge in [-0.25, -0.2) is 0 Å². The molecule has 0 spiro atoms. The molecule has 0 radical (unpaired) electrons. The topological polar surface area (TPSA) is 70.2 Å². The van der Waals surface area contributed by atoms with E-state index in [0.29, 0.717) is 24.3 Å². The Morgan fingerprint density at radius 1 is 1.05 bits per heavy atom. The molecule has 1 aromatic carbocycles. The van der Waals surface area contributed by atoms with Gasteiger partial charge in [-0.1, -0.05) is 24.3 Å². The lowest BCUT2D eigenvalue weighted by atomic mass is 10.3. The minimum absolute atomic E-state index is 0.0900. The minimum Gasteiger partial charge on any atom is -0.351 e. The number of hydrogen-bond acceptors (Lipinski definition) is 4. The third kappa shape index (κ3) is 5.27. The number of carbonyl (C=O) groups is 2. The molecular formula is C15H17N3O2S. The Bertz CT molecular complexity index is 570. The molecule has 5 nitrogen and oxygen atoms in total. The van der Waals surface area contributed by atoms with Gasteiger partial charge in [-0.2, -0.15) is 0 Å². The SMILES string of the molecule is O=C(CCCNC(=O)c1cccs1)NNc1ccccc1. The number of rotatable bonds is 7. The number of para-hydroxylation sites is 1. The standard InChI is InChI=1S/C15H17N3O2S/c19-14(18-17-12-6-2-1-3-7-12)9-4-10-16-15(20)13-8-5-11-21-13/h1-3,5-8,11,17H,4,9-10H2,(H,16,20)(H,18,19). The normalized spacial score (nSPS) is 9.90. The average molecular weight is 303 g/mol. The van der Waals surface area contributed by atoms with E-state index in [1.165, 1.54) is 11.3 Å². The van der Waals surface area contributed by atoms with E-state index >= 15 is 0 Å². The zero-order valence-corrected chi connectivity index (χ0v) is 12.3. The molecule has 6 heteroatoms. The molecule has 0 aliphatic carbocycles. The van der Waals surface area contributed by atoms with Gasteiger partial charge < -0.3 is 5.32 Å². The molecule has 0 aliphatic rings. The summed E-state index contributed by atoms with van der Waals surface area (Å²) in [7, 11) is 0. The largest absolute Gasteiger partial charge is 0.351 e. The van der Waals surface area contributed by atoms with Crippen LogP contribution in [-0.4, -0.2) is 18.4 Å². The van der Waals surface area contributed by atoms with Crippen molar-refractivity contribution in [2.45, 2.75) is 12.8 Å². The fourth-order valence-electron chi connectivity index (χ4n) is 1.67. The van der Waals surface area contributed by atoms with Crippen LogP contribution in [0, 0.1) is 0 Å². The number of benzene rings is 1. The molecule has 110 valence electrons. The van der Waals surface area contributed by atoms with Gasteiger partial charge in [-0.05, 0) is 30.0 Å². The molecule has 21 heavy (non-hydrogen) atoms. The molecule has 0 bridgehead atoms. The second-order valence-electron chi connectivity index (χ2n) is 4.38. The maximum Gasteiger partial charge on any atom is 0.261 e. The summed E-state index contributed by atoms with van der Waals surface area (Å²) in [6.45, 7) is 0.482. The monoisotopic (exact) mass is 303 g/mol. The molecule has 0 unspecified atom stereocenters. The number of anilines is 1. The Hall–Kier alpha value is -2.34. The van der Waals surface area contributed by atoms with Crippen molar-refractivity contribution < 1.29 is 9.59 Å². The number of amides is 2. The number of nitrogens with one attached hydrogen (secondary N) is 3. The van der Waals surface area contributed by atoms with Crippen LogP contribution in [0.1, 0.15) is 22.5 Å². The number of thiophene rings is 1. The Kier molecular flexibility index (Phi) is 5.78. The summed E-state index contributed by atoms with van der Waals surface area (Å²) in [5.74, 6) is -0.197. The first-order valence-corrected chi connectivity index (χ1v) is 7.55. The Labute approximate surface area is 127 Å². The maximum atomic E-state index is 11.6. The summed E-state index contributed by atoms with van der Waals surface area (Å²) >= 11 is 1.40. The highest BCUT2D eigenvalue weighted by molar-refractivity contribution is 7.12. The van der Waals surface area contributed by atoms with Crippen molar-refractivity contribution in [2.24, 2.45) is 0 Å². The lowest BCUT2D eigenvalue weighted by Crippen LogP contribution is -2.30. The van der Waals surface area contributed by atoms with E-state index < -0.39 is 0 Å². The lowest BCUT2D eigenvalue weighted by molar-refractivity contribution is -0.120. The van der Waals surface area contributed by atoms with Gasteiger partial charge in [-0.3, -0.25) is 20.4 Å². The summed E-state index contributed by atoms with van der Waals surface area (Å²) in [6, 6.07) is 13.0. The van der Waals surface area contributed by atoms with Gasteiger partial charge in [0.2, 0.25) is 5.91 Å². The van der Waals surface area contributed by atoms with Gasteiger partial charge in [-0.15, -0.1) is 11.3 Å². The van der Waals surface area contributed by atoms with Crippen LogP contribution in [0.25, 0.3) is 0 Å². The molecule has 2 rings (SSSR count). The lowest BCUT2D eigenvalue weighted by Gasteiger charge is -2.08. The molecule has 0 atom stereocenters. The van der Waals surface area contributed by atoms with E-state index in [4.69, 9.17) is 0 Å². The molecule has 0 fully saturated rings. The predicted molar refractivity (Wildman–Crippen MR) is 84.1 cm³/mol. The van der Waals surface area contributed by atoms with Gasteiger partial charge in [0, 0.05) is 13.0 Å². The highest BCUT2D eigenvalue weighted by atomic mass is 32.1. The fourth-order valence-corrected chi connectivity index (χ4v) is 2.31. The van der Waals surface area contributed by atoms with Gasteiger partial charge >= 0.3 is 0 Å². The molecule has 3 N–H and O–H groups in total. The summed E-state index contributed by atoms with van der Waals surface area (Å²) in [5.41, 5.74) is 6.28. The van der Waals surface area contributed by atoms with E-state index in [0.717, 1.165) is 5.69 Å². The first-order valence-electron chi connectivity index (χ1n) is 6.67. The number of hydrogen-bond donors (Lipinski definition) is 3. The fraction of sp³-hybridized carbons (Fsp3) is 0.200. The van der Waals surface area contributed by atoms with Crippen molar-refractivity contribution >= 4 is 28.8 Å². The van der Waals surface area contributed by atoms with Crippen molar-refractivity contribution in [3.05, 3.63) is 52.7 Å². The Morgan fingerprint density at radius 2 is 1.86 bits per heavy atom. The second kappa shape index (κ2) is 8.06. The Balaban J connectivity index is 1.58. The van der Waals surface area contributed by atoms with Crippen LogP contribution in [-0.2, 0) is 4.79 Å². The number of carbonyl (C=O) groups excluding carboxylic acids is 2. The summed E-state index contributed by atoms with van der Waals surface area (Å²) < 4.78 is 0. The quantitative estimate of drug-likeness (QED) is 0.543. The van der Waals surface area contributed by atoms with Crippen molar-refractivity contribution in [2.75, 3.05) is 12.0 Å². The van der Waals surface area contributed by atoms with Crippen LogP contribution in [0.15, 0.2) is 47.8 Å². The maximum absolute atomic E-state index is 11.6. The van der Waals surface area contributed by atoms with Crippen LogP contribution in [0.3, 0.4) is 0 Å². The first-order chi connectivity index (χ1) is 10.3. The molecule has 0 saturated heterocycles. The third-order valence-corrected chi connectivity index (χ3v) is 3.60. The molecular weight excluding hydrogens is 286 g/mol. The predicted octanol–water partition coefficient (Wildman–Crippen LogP) is 2.40. The zero-order valence-electron chi connectivity index (χ0n) is 11.5. The summed E-state index contributed by atoms with van der Waals surface area (Å²) in [5, 5.41) is 4.64. The molecule has 2 amide bonds. The van der Waals surface area contributed by atoms with E-state index in [2.05, 4.69) is 16.2 Å². The van der Waals surface area contributed by atoms with Crippen molar-refractivity contribution in [1.82, 2.24) is 10.7 Å². The van der Waals surface area contributed by atoms with Gasteiger partial charge in [0.25, 0.3) is 5.91 Å². The minimum atomic E-state index is -0.107. The zero-order chi connectivity index (χ0) is 14.9. The highest BCUT2D eigenvalue weighted by Crippen LogP contribution is 2.07. The van der Waals surface area contributed by atoms with Crippen molar-refractivity contribution in [1.29, 1.82) is 0 Å². The van der Waals surface area contributed by atoms with Gasteiger partial charge in [0.1, 0.15) is 0 Å². The van der Waals surface area contributed by atoms with Crippen LogP contribution in [0.4, 0.5) is 5.69 Å². The van der Waals surface area contributed by atoms with Crippen LogP contribution < -0.4 is 16.2 Å². The molecule has 0 saturated carbocycles. The third-order valence-electron chi connectivity index (χ3n) is 2.73. The van der Waals surface area contributed by atoms with Crippen molar-refractivity contribution in [3.63, 3.8) is 0 Å². The van der Waals surface area contributed by atoms with Crippen LogP contribution >= 0.6 is 11.3 Å². The van der Waals surface area contributed by atoms with E-state index in [1.807, 2.05) is 41.8 Å². The number of hydrazine groups is 1. The highest BCUT2D eigenvalue weighted by Gasteiger charge is 2.06. The van der Waals surface area contributed by atoms with Gasteiger partial charge in [0.15, 0.2) is 0 Å². The van der Waals surface area contributed by atoms with E-state index in [1.54, 1.807) is 6.07 Å². The molecule has 0 aliphatic heterocycles. The first kappa shape index (κ1) is 15.1. The summed E-state index contributed by atoms with van der Waals surface area (Å²) in [6.07, 6.45) is 0.948. The van der Waals surface area contributed by atoms with Crippen molar-refractivity contribution in [3.8, 4) is 0 Å². The average Bonchev–Trinajstić information content (AvgIpc) is 3.05. The van der Waals surface area contributed by atoms with E-state index in [-0.39, 0.29) is 11.8 Å². The Morgan fingerprint density at radius 3 is 2.57 bits per heavy atom. The van der Waals surface area contributed by atoms with Crippen LogP contribution in [0.2, 0.25) is 0 Å². The summed E-state index contributed by atoms with van der Waals surface area (Å²) in [4.78, 5) is 23.9. The molecule has 2 aromatic rings. The second-order valence-corrected chi connectivity index (χ2v) is 5.32. The van der Waals surface area contributed by atoms with Gasteiger partial charge in [0.05, 0.1) is 10.6 Å². The van der Waals surface area contributed by atoms with Crippen LogP contribution in [0.5, 0.6) is 0 Å². The molecule has 1 aromatic heterocycles. The smallest absolute Gasteiger partial charge is 0.261 e. The van der Waals surface area contributed by atoms with E-state index in [9.17, 15) is 9.59 Å². The molecule has 1 heterocycles.